The first-order valence-electron chi connectivity index (χ1n) is 15.8. The van der Waals surface area contributed by atoms with E-state index in [-0.39, 0.29) is 5.41 Å². The molecule has 0 aliphatic heterocycles. The second-order valence-corrected chi connectivity index (χ2v) is 12.5. The first-order chi connectivity index (χ1) is 20.5. The van der Waals surface area contributed by atoms with Gasteiger partial charge in [0.05, 0.1) is 0 Å². The summed E-state index contributed by atoms with van der Waals surface area (Å²) in [5, 5.41) is 0. The van der Waals surface area contributed by atoms with Gasteiger partial charge >= 0.3 is 0 Å². The van der Waals surface area contributed by atoms with Crippen molar-refractivity contribution in [3.63, 3.8) is 0 Å². The normalized spacial score (nSPS) is 20.6. The molecule has 4 heteroatoms. The molecule has 0 spiro atoms. The highest BCUT2D eigenvalue weighted by molar-refractivity contribution is 5.47. The Kier molecular flexibility index (Phi) is 8.41. The van der Waals surface area contributed by atoms with Crippen LogP contribution in [0.2, 0.25) is 0 Å². The molecule has 2 fully saturated rings. The van der Waals surface area contributed by atoms with Crippen molar-refractivity contribution in [3.8, 4) is 23.0 Å². The molecule has 42 heavy (non-hydrogen) atoms. The van der Waals surface area contributed by atoms with E-state index in [9.17, 15) is 0 Å². The molecule has 2 saturated carbocycles. The predicted octanol–water partition coefficient (Wildman–Crippen LogP) is 10.1. The van der Waals surface area contributed by atoms with Gasteiger partial charge in [-0.2, -0.15) is 0 Å². The molecule has 0 radical (unpaired) electrons. The van der Waals surface area contributed by atoms with Gasteiger partial charge in [0.1, 0.15) is 23.0 Å². The Bertz CT molecular complexity index is 1320. The lowest BCUT2D eigenvalue weighted by Gasteiger charge is -2.44. The van der Waals surface area contributed by atoms with Crippen molar-refractivity contribution in [2.45, 2.75) is 70.1 Å². The van der Waals surface area contributed by atoms with Crippen LogP contribution in [0.15, 0.2) is 97.1 Å². The van der Waals surface area contributed by atoms with Crippen LogP contribution in [0.25, 0.3) is 0 Å². The smallest absolute Gasteiger partial charge is 0.127 e. The zero-order chi connectivity index (χ0) is 28.9. The van der Waals surface area contributed by atoms with Crippen LogP contribution >= 0.6 is 0 Å². The molecule has 0 saturated heterocycles. The summed E-state index contributed by atoms with van der Waals surface area (Å²) in [6, 6.07) is 32.7. The minimum Gasteiger partial charge on any atom is -0.457 e. The maximum Gasteiger partial charge on any atom is 0.127 e. The number of benzene rings is 4. The second kappa shape index (κ2) is 12.5. The SMILES string of the molecule is CCC1CCC(C2CCC(c3ccc(Oc4ccc(N)cc4)cc3)(c3ccc(Oc4ccc(N)cc4)cc3)CC2)CC1. The standard InChI is InChI=1S/C38H44N2O2/c1-2-27-3-5-28(6-4-27)29-23-25-38(26-24-29,30-7-15-34(16-8-30)41-36-19-11-32(39)12-20-36)31-9-17-35(18-10-31)42-37-21-13-33(40)14-22-37/h7-22,27-29H,2-6,23-26,39-40H2,1H3. The van der Waals surface area contributed by atoms with E-state index in [0.717, 1.165) is 52.1 Å². The van der Waals surface area contributed by atoms with Crippen LogP contribution in [0.5, 0.6) is 23.0 Å². The Labute approximate surface area is 251 Å². The molecule has 2 aliphatic carbocycles. The minimum atomic E-state index is -0.0173. The summed E-state index contributed by atoms with van der Waals surface area (Å²) in [5.41, 5.74) is 15.9. The van der Waals surface area contributed by atoms with Crippen molar-refractivity contribution >= 4 is 11.4 Å². The van der Waals surface area contributed by atoms with Gasteiger partial charge in [0.25, 0.3) is 0 Å². The number of anilines is 2. The highest BCUT2D eigenvalue weighted by Crippen LogP contribution is 2.51. The van der Waals surface area contributed by atoms with E-state index >= 15 is 0 Å². The molecular formula is C38H44N2O2. The van der Waals surface area contributed by atoms with E-state index in [0.29, 0.717) is 0 Å². The molecule has 0 amide bonds. The number of nitrogen functional groups attached to an aromatic ring is 2. The van der Waals surface area contributed by atoms with E-state index in [4.69, 9.17) is 20.9 Å². The van der Waals surface area contributed by atoms with Gasteiger partial charge in [-0.25, -0.2) is 0 Å². The van der Waals surface area contributed by atoms with Crippen molar-refractivity contribution in [2.24, 2.45) is 17.8 Å². The molecule has 218 valence electrons. The van der Waals surface area contributed by atoms with Crippen LogP contribution in [0.1, 0.15) is 75.8 Å². The molecule has 0 aromatic heterocycles. The lowest BCUT2D eigenvalue weighted by Crippen LogP contribution is -2.35. The average molecular weight is 561 g/mol. The van der Waals surface area contributed by atoms with Crippen LogP contribution in [0.4, 0.5) is 11.4 Å². The molecule has 4 N–H and O–H groups in total. The summed E-state index contributed by atoms with van der Waals surface area (Å²) in [6.07, 6.45) is 11.9. The quantitative estimate of drug-likeness (QED) is 0.210. The predicted molar refractivity (Wildman–Crippen MR) is 173 cm³/mol. The third kappa shape index (κ3) is 6.28. The third-order valence-corrected chi connectivity index (χ3v) is 10.1. The van der Waals surface area contributed by atoms with Crippen LogP contribution < -0.4 is 20.9 Å². The first-order valence-corrected chi connectivity index (χ1v) is 15.8. The van der Waals surface area contributed by atoms with Crippen molar-refractivity contribution < 1.29 is 9.47 Å². The number of rotatable bonds is 8. The average Bonchev–Trinajstić information content (AvgIpc) is 3.04. The lowest BCUT2D eigenvalue weighted by atomic mass is 9.60. The maximum absolute atomic E-state index is 6.13. The van der Waals surface area contributed by atoms with Crippen LogP contribution in [-0.4, -0.2) is 0 Å². The molecule has 4 aromatic carbocycles. The van der Waals surface area contributed by atoms with E-state index in [1.807, 2.05) is 48.5 Å². The molecule has 2 aliphatic rings. The highest BCUT2D eigenvalue weighted by atomic mass is 16.5. The molecule has 4 aromatic rings. The molecule has 0 bridgehead atoms. The second-order valence-electron chi connectivity index (χ2n) is 12.5. The molecule has 4 nitrogen and oxygen atoms in total. The fraction of sp³-hybridized carbons (Fsp3) is 0.368. The fourth-order valence-corrected chi connectivity index (χ4v) is 7.44. The Hall–Kier alpha value is -3.92. The molecule has 0 heterocycles. The van der Waals surface area contributed by atoms with Crippen molar-refractivity contribution in [1.29, 1.82) is 0 Å². The maximum atomic E-state index is 6.13. The summed E-state index contributed by atoms with van der Waals surface area (Å²) < 4.78 is 12.3. The van der Waals surface area contributed by atoms with E-state index in [2.05, 4.69) is 55.5 Å². The van der Waals surface area contributed by atoms with Crippen LogP contribution in [0.3, 0.4) is 0 Å². The van der Waals surface area contributed by atoms with Gasteiger partial charge in [-0.1, -0.05) is 50.5 Å². The topological polar surface area (TPSA) is 70.5 Å². The van der Waals surface area contributed by atoms with E-state index in [1.165, 1.54) is 68.9 Å². The van der Waals surface area contributed by atoms with Gasteiger partial charge in [0, 0.05) is 16.8 Å². The Morgan fingerprint density at radius 2 is 0.881 bits per heavy atom. The fourth-order valence-electron chi connectivity index (χ4n) is 7.44. The van der Waals surface area contributed by atoms with Crippen molar-refractivity contribution in [3.05, 3.63) is 108 Å². The van der Waals surface area contributed by atoms with Gasteiger partial charge in [0.2, 0.25) is 0 Å². The summed E-state index contributed by atoms with van der Waals surface area (Å²) in [5.74, 6) is 5.96. The Balaban J connectivity index is 1.23. The Morgan fingerprint density at radius 1 is 0.524 bits per heavy atom. The van der Waals surface area contributed by atoms with Gasteiger partial charge in [-0.3, -0.25) is 0 Å². The number of hydrogen-bond donors (Lipinski definition) is 2. The lowest BCUT2D eigenvalue weighted by molar-refractivity contribution is 0.142. The Morgan fingerprint density at radius 3 is 1.26 bits per heavy atom. The number of ether oxygens (including phenoxy) is 2. The van der Waals surface area contributed by atoms with Crippen LogP contribution in [0, 0.1) is 17.8 Å². The molecule has 0 unspecified atom stereocenters. The minimum absolute atomic E-state index is 0.0173. The van der Waals surface area contributed by atoms with Crippen molar-refractivity contribution in [1.82, 2.24) is 0 Å². The van der Waals surface area contributed by atoms with E-state index < -0.39 is 0 Å². The van der Waals surface area contributed by atoms with Crippen molar-refractivity contribution in [2.75, 3.05) is 11.5 Å². The van der Waals surface area contributed by atoms with Gasteiger partial charge in [-0.05, 0) is 140 Å². The van der Waals surface area contributed by atoms with E-state index in [1.54, 1.807) is 0 Å². The molecule has 0 atom stereocenters. The van der Waals surface area contributed by atoms with Crippen LogP contribution in [-0.2, 0) is 5.41 Å². The summed E-state index contributed by atoms with van der Waals surface area (Å²) in [6.45, 7) is 2.36. The molecular weight excluding hydrogens is 516 g/mol. The number of nitrogens with two attached hydrogens (primary N) is 2. The summed E-state index contributed by atoms with van der Waals surface area (Å²) in [7, 11) is 0. The monoisotopic (exact) mass is 560 g/mol. The highest BCUT2D eigenvalue weighted by Gasteiger charge is 2.40. The largest absolute Gasteiger partial charge is 0.457 e. The summed E-state index contributed by atoms with van der Waals surface area (Å²) in [4.78, 5) is 0. The van der Waals surface area contributed by atoms with Gasteiger partial charge in [-0.15, -0.1) is 0 Å². The first kappa shape index (κ1) is 28.2. The van der Waals surface area contributed by atoms with Gasteiger partial charge < -0.3 is 20.9 Å². The zero-order valence-corrected chi connectivity index (χ0v) is 24.8. The summed E-state index contributed by atoms with van der Waals surface area (Å²) >= 11 is 0. The third-order valence-electron chi connectivity index (χ3n) is 10.1. The molecule has 6 rings (SSSR count). The zero-order valence-electron chi connectivity index (χ0n) is 24.8. The van der Waals surface area contributed by atoms with Gasteiger partial charge in [0.15, 0.2) is 0 Å². The number of hydrogen-bond acceptors (Lipinski definition) is 4.